The molecule has 9 aromatic rings. The van der Waals surface area contributed by atoms with Gasteiger partial charge in [0.25, 0.3) is 0 Å². The minimum absolute atomic E-state index is 1.15. The molecule has 2 nitrogen and oxygen atoms in total. The van der Waals surface area contributed by atoms with Crippen LogP contribution in [0.4, 0.5) is 0 Å². The molecule has 0 saturated heterocycles. The van der Waals surface area contributed by atoms with Gasteiger partial charge in [-0.25, -0.2) is 0 Å². The van der Waals surface area contributed by atoms with Crippen LogP contribution >= 0.6 is 0 Å². The van der Waals surface area contributed by atoms with Crippen molar-refractivity contribution < 1.29 is 0 Å². The average Bonchev–Trinajstić information content (AvgIpc) is 3.60. The zero-order valence-electron chi connectivity index (χ0n) is 24.1. The second kappa shape index (κ2) is 9.86. The first kappa shape index (κ1) is 24.7. The summed E-state index contributed by atoms with van der Waals surface area (Å²) in [5, 5.41) is 5.01. The smallest absolute Gasteiger partial charge is 0.0619 e. The molecule has 0 amide bonds. The maximum absolute atomic E-state index is 2.47. The molecule has 2 aromatic heterocycles. The van der Waals surface area contributed by atoms with Crippen molar-refractivity contribution >= 4 is 43.6 Å². The molecule has 2 heterocycles. The van der Waals surface area contributed by atoms with E-state index >= 15 is 0 Å². The molecular formula is C42H28N2. The normalized spacial score (nSPS) is 11.6. The largest absolute Gasteiger partial charge is 0.309 e. The van der Waals surface area contributed by atoms with Crippen molar-refractivity contribution in [1.82, 2.24) is 9.13 Å². The Morgan fingerprint density at radius 2 is 0.818 bits per heavy atom. The Labute approximate surface area is 255 Å². The lowest BCUT2D eigenvalue weighted by molar-refractivity contribution is 1.17. The van der Waals surface area contributed by atoms with Crippen molar-refractivity contribution in [3.8, 4) is 33.6 Å². The van der Waals surface area contributed by atoms with Gasteiger partial charge in [-0.1, -0.05) is 127 Å². The van der Waals surface area contributed by atoms with E-state index in [1.54, 1.807) is 0 Å². The molecule has 0 spiro atoms. The van der Waals surface area contributed by atoms with Crippen LogP contribution in [-0.2, 0) is 0 Å². The molecule has 44 heavy (non-hydrogen) atoms. The summed E-state index contributed by atoms with van der Waals surface area (Å²) in [6.45, 7) is 0. The highest BCUT2D eigenvalue weighted by Gasteiger charge is 2.20. The standard InChI is InChI=1S/C42H28N2/c1-4-13-29(14-5-1)30-23-25-33(26-24-30)44-41-27-37-35-19-10-11-22-39(35)43(32-17-8-3-9-18-32)40(37)28-38(41)36-21-12-20-34(42(36)44)31-15-6-2-7-16-31/h1-28H. The van der Waals surface area contributed by atoms with Gasteiger partial charge in [-0.3, -0.25) is 0 Å². The molecule has 0 fully saturated rings. The molecule has 2 heteroatoms. The number of benzene rings is 7. The first-order chi connectivity index (χ1) is 21.8. The number of fused-ring (bicyclic) bond motifs is 6. The fourth-order valence-corrected chi connectivity index (χ4v) is 6.93. The molecule has 0 radical (unpaired) electrons. The molecule has 0 aliphatic heterocycles. The van der Waals surface area contributed by atoms with Crippen LogP contribution < -0.4 is 0 Å². The van der Waals surface area contributed by atoms with Crippen LogP contribution in [0.1, 0.15) is 0 Å². The molecule has 9 rings (SSSR count). The van der Waals surface area contributed by atoms with E-state index in [2.05, 4.69) is 179 Å². The third-order valence-corrected chi connectivity index (χ3v) is 8.91. The second-order valence-corrected chi connectivity index (χ2v) is 11.4. The van der Waals surface area contributed by atoms with Crippen LogP contribution in [0.15, 0.2) is 170 Å². The van der Waals surface area contributed by atoms with Crippen LogP contribution in [0, 0.1) is 0 Å². The zero-order chi connectivity index (χ0) is 29.0. The zero-order valence-corrected chi connectivity index (χ0v) is 24.1. The number of hydrogen-bond acceptors (Lipinski definition) is 0. The van der Waals surface area contributed by atoms with Crippen LogP contribution in [-0.4, -0.2) is 9.13 Å². The van der Waals surface area contributed by atoms with E-state index in [0.717, 1.165) is 5.69 Å². The van der Waals surface area contributed by atoms with Gasteiger partial charge in [0.1, 0.15) is 0 Å². The van der Waals surface area contributed by atoms with E-state index in [-0.39, 0.29) is 0 Å². The van der Waals surface area contributed by atoms with Crippen LogP contribution in [0.2, 0.25) is 0 Å². The lowest BCUT2D eigenvalue weighted by atomic mass is 10.0. The van der Waals surface area contributed by atoms with Crippen LogP contribution in [0.3, 0.4) is 0 Å². The van der Waals surface area contributed by atoms with Crippen molar-refractivity contribution in [3.63, 3.8) is 0 Å². The predicted molar refractivity (Wildman–Crippen MR) is 186 cm³/mol. The van der Waals surface area contributed by atoms with Gasteiger partial charge in [-0.15, -0.1) is 0 Å². The Morgan fingerprint density at radius 1 is 0.295 bits per heavy atom. The average molecular weight is 561 g/mol. The van der Waals surface area contributed by atoms with Crippen LogP contribution in [0.5, 0.6) is 0 Å². The quantitative estimate of drug-likeness (QED) is 0.203. The Balaban J connectivity index is 1.40. The topological polar surface area (TPSA) is 9.86 Å². The summed E-state index contributed by atoms with van der Waals surface area (Å²) in [4.78, 5) is 0. The van der Waals surface area contributed by atoms with Gasteiger partial charge < -0.3 is 9.13 Å². The van der Waals surface area contributed by atoms with E-state index < -0.39 is 0 Å². The van der Waals surface area contributed by atoms with E-state index in [1.807, 2.05) is 0 Å². The third-order valence-electron chi connectivity index (χ3n) is 8.91. The molecule has 0 saturated carbocycles. The van der Waals surface area contributed by atoms with Crippen molar-refractivity contribution in [1.29, 1.82) is 0 Å². The summed E-state index contributed by atoms with van der Waals surface area (Å²) in [5.74, 6) is 0. The maximum atomic E-state index is 2.47. The van der Waals surface area contributed by atoms with Gasteiger partial charge in [0.15, 0.2) is 0 Å². The molecular weight excluding hydrogens is 532 g/mol. The lowest BCUT2D eigenvalue weighted by Gasteiger charge is -2.13. The molecule has 0 unspecified atom stereocenters. The summed E-state index contributed by atoms with van der Waals surface area (Å²) >= 11 is 0. The predicted octanol–water partition coefficient (Wildman–Crippen LogP) is 11.2. The summed E-state index contributed by atoms with van der Waals surface area (Å²) in [6, 6.07) is 61.4. The maximum Gasteiger partial charge on any atom is 0.0619 e. The number of rotatable bonds is 4. The minimum Gasteiger partial charge on any atom is -0.309 e. The summed E-state index contributed by atoms with van der Waals surface area (Å²) in [6.07, 6.45) is 0. The van der Waals surface area contributed by atoms with Crippen molar-refractivity contribution in [3.05, 3.63) is 170 Å². The van der Waals surface area contributed by atoms with Gasteiger partial charge in [0, 0.05) is 38.5 Å². The summed E-state index contributed by atoms with van der Waals surface area (Å²) in [7, 11) is 0. The fraction of sp³-hybridized carbons (Fsp3) is 0. The highest BCUT2D eigenvalue weighted by Crippen LogP contribution is 2.42. The van der Waals surface area contributed by atoms with Crippen molar-refractivity contribution in [2.75, 3.05) is 0 Å². The Kier molecular flexibility index (Phi) is 5.54. The molecule has 0 aliphatic rings. The van der Waals surface area contributed by atoms with Crippen LogP contribution in [0.25, 0.3) is 77.2 Å². The molecule has 0 aliphatic carbocycles. The second-order valence-electron chi connectivity index (χ2n) is 11.4. The first-order valence-corrected chi connectivity index (χ1v) is 15.1. The van der Waals surface area contributed by atoms with E-state index in [1.165, 1.54) is 71.6 Å². The van der Waals surface area contributed by atoms with Gasteiger partial charge in [0.2, 0.25) is 0 Å². The Morgan fingerprint density at radius 3 is 1.55 bits per heavy atom. The van der Waals surface area contributed by atoms with E-state index in [4.69, 9.17) is 0 Å². The van der Waals surface area contributed by atoms with Gasteiger partial charge in [0.05, 0.1) is 22.1 Å². The number of para-hydroxylation sites is 3. The highest BCUT2D eigenvalue weighted by atomic mass is 15.0. The summed E-state index contributed by atoms with van der Waals surface area (Å²) < 4.78 is 4.87. The third kappa shape index (κ3) is 3.75. The fourth-order valence-electron chi connectivity index (χ4n) is 6.93. The molecule has 206 valence electrons. The van der Waals surface area contributed by atoms with Crippen molar-refractivity contribution in [2.45, 2.75) is 0 Å². The molecule has 0 N–H and O–H groups in total. The molecule has 0 bridgehead atoms. The SMILES string of the molecule is c1ccc(-c2ccc(-n3c4cc5c6ccccc6n(-c6ccccc6)c5cc4c4cccc(-c5ccccc5)c43)cc2)cc1. The summed E-state index contributed by atoms with van der Waals surface area (Å²) in [5.41, 5.74) is 12.1. The lowest BCUT2D eigenvalue weighted by Crippen LogP contribution is -1.96. The molecule has 7 aromatic carbocycles. The van der Waals surface area contributed by atoms with Gasteiger partial charge in [-0.05, 0) is 59.2 Å². The Hall–Kier alpha value is -5.86. The molecule has 0 atom stereocenters. The first-order valence-electron chi connectivity index (χ1n) is 15.1. The monoisotopic (exact) mass is 560 g/mol. The minimum atomic E-state index is 1.15. The number of hydrogen-bond donors (Lipinski definition) is 0. The van der Waals surface area contributed by atoms with Gasteiger partial charge in [-0.2, -0.15) is 0 Å². The Bertz CT molecular complexity index is 2450. The highest BCUT2D eigenvalue weighted by molar-refractivity contribution is 6.20. The van der Waals surface area contributed by atoms with E-state index in [0.29, 0.717) is 0 Å². The van der Waals surface area contributed by atoms with Gasteiger partial charge >= 0.3 is 0 Å². The number of aromatic nitrogens is 2. The number of nitrogens with zero attached hydrogens (tertiary/aromatic N) is 2. The van der Waals surface area contributed by atoms with Crippen molar-refractivity contribution in [2.24, 2.45) is 0 Å². The van der Waals surface area contributed by atoms with E-state index in [9.17, 15) is 0 Å².